The average Bonchev–Trinajstić information content (AvgIpc) is 3.30. The van der Waals surface area contributed by atoms with Crippen LogP contribution in [0.2, 0.25) is 0 Å². The van der Waals surface area contributed by atoms with Crippen molar-refractivity contribution in [2.24, 2.45) is 5.41 Å². The molecule has 2 saturated heterocycles. The summed E-state index contributed by atoms with van der Waals surface area (Å²) in [4.78, 5) is 18.7. The first-order chi connectivity index (χ1) is 12.3. The molecule has 25 heavy (non-hydrogen) atoms. The summed E-state index contributed by atoms with van der Waals surface area (Å²) in [5.41, 5.74) is -0.146. The SMILES string of the molecule is O=C(Cc1ccco1)N1CC[C@@H]2OCC[C@]2(COc2cccnc2)C1. The van der Waals surface area contributed by atoms with Gasteiger partial charge in [0.05, 0.1) is 37.0 Å². The maximum atomic E-state index is 12.6. The fraction of sp³-hybridized carbons (Fsp3) is 0.474. The van der Waals surface area contributed by atoms with Crippen molar-refractivity contribution >= 4 is 5.91 Å². The molecule has 6 nitrogen and oxygen atoms in total. The zero-order valence-electron chi connectivity index (χ0n) is 14.1. The molecule has 2 aromatic rings. The van der Waals surface area contributed by atoms with Gasteiger partial charge in [-0.3, -0.25) is 9.78 Å². The van der Waals surface area contributed by atoms with E-state index in [9.17, 15) is 4.79 Å². The Balaban J connectivity index is 1.44. The first-order valence-corrected chi connectivity index (χ1v) is 8.70. The molecule has 0 N–H and O–H groups in total. The molecule has 2 fully saturated rings. The van der Waals surface area contributed by atoms with E-state index in [1.165, 1.54) is 0 Å². The van der Waals surface area contributed by atoms with E-state index in [0.29, 0.717) is 25.3 Å². The van der Waals surface area contributed by atoms with Crippen LogP contribution in [0.5, 0.6) is 5.75 Å². The van der Waals surface area contributed by atoms with Crippen molar-refractivity contribution in [3.63, 3.8) is 0 Å². The van der Waals surface area contributed by atoms with E-state index in [0.717, 1.165) is 31.7 Å². The maximum absolute atomic E-state index is 12.6. The summed E-state index contributed by atoms with van der Waals surface area (Å²) in [6.45, 7) is 2.64. The van der Waals surface area contributed by atoms with Crippen molar-refractivity contribution in [1.29, 1.82) is 0 Å². The van der Waals surface area contributed by atoms with Gasteiger partial charge in [0, 0.05) is 25.9 Å². The van der Waals surface area contributed by atoms with Crippen LogP contribution in [-0.4, -0.2) is 48.2 Å². The highest BCUT2D eigenvalue weighted by Gasteiger charge is 2.49. The highest BCUT2D eigenvalue weighted by Crippen LogP contribution is 2.41. The lowest BCUT2D eigenvalue weighted by molar-refractivity contribution is -0.137. The smallest absolute Gasteiger partial charge is 0.230 e. The molecule has 132 valence electrons. The number of ether oxygens (including phenoxy) is 2. The predicted octanol–water partition coefficient (Wildman–Crippen LogP) is 2.30. The molecular weight excluding hydrogens is 320 g/mol. The van der Waals surface area contributed by atoms with Gasteiger partial charge in [0.1, 0.15) is 11.5 Å². The molecule has 0 radical (unpaired) electrons. The highest BCUT2D eigenvalue weighted by molar-refractivity contribution is 5.78. The Morgan fingerprint density at radius 1 is 1.40 bits per heavy atom. The molecule has 0 unspecified atom stereocenters. The number of piperidine rings is 1. The van der Waals surface area contributed by atoms with Crippen LogP contribution in [0.25, 0.3) is 0 Å². The van der Waals surface area contributed by atoms with Crippen LogP contribution in [0.4, 0.5) is 0 Å². The topological polar surface area (TPSA) is 64.8 Å². The zero-order chi connectivity index (χ0) is 17.1. The fourth-order valence-corrected chi connectivity index (χ4v) is 3.80. The number of carbonyl (C=O) groups is 1. The first-order valence-electron chi connectivity index (χ1n) is 8.70. The molecule has 6 heteroatoms. The van der Waals surface area contributed by atoms with Crippen molar-refractivity contribution in [1.82, 2.24) is 9.88 Å². The van der Waals surface area contributed by atoms with E-state index in [4.69, 9.17) is 13.9 Å². The second kappa shape index (κ2) is 6.88. The Morgan fingerprint density at radius 2 is 2.36 bits per heavy atom. The molecule has 4 heterocycles. The third kappa shape index (κ3) is 3.39. The van der Waals surface area contributed by atoms with Crippen LogP contribution < -0.4 is 4.74 Å². The number of hydrogen-bond acceptors (Lipinski definition) is 5. The Kier molecular flexibility index (Phi) is 4.44. The zero-order valence-corrected chi connectivity index (χ0v) is 14.1. The molecule has 2 atom stereocenters. The monoisotopic (exact) mass is 342 g/mol. The fourth-order valence-electron chi connectivity index (χ4n) is 3.80. The lowest BCUT2D eigenvalue weighted by atomic mass is 9.77. The number of rotatable bonds is 5. The molecular formula is C19H22N2O4. The molecule has 0 bridgehead atoms. The van der Waals surface area contributed by atoms with Gasteiger partial charge in [-0.2, -0.15) is 0 Å². The second-order valence-electron chi connectivity index (χ2n) is 6.81. The number of nitrogens with zero attached hydrogens (tertiary/aromatic N) is 2. The number of pyridine rings is 1. The summed E-state index contributed by atoms with van der Waals surface area (Å²) in [6.07, 6.45) is 7.24. The molecule has 0 spiro atoms. The van der Waals surface area contributed by atoms with E-state index >= 15 is 0 Å². The number of furan rings is 1. The van der Waals surface area contributed by atoms with Gasteiger partial charge in [-0.15, -0.1) is 0 Å². The number of amides is 1. The molecule has 1 amide bonds. The summed E-state index contributed by atoms with van der Waals surface area (Å²) in [7, 11) is 0. The Hall–Kier alpha value is -2.34. The molecule has 4 rings (SSSR count). The van der Waals surface area contributed by atoms with Crippen molar-refractivity contribution < 1.29 is 18.7 Å². The third-order valence-electron chi connectivity index (χ3n) is 5.19. The van der Waals surface area contributed by atoms with Crippen LogP contribution in [0, 0.1) is 5.41 Å². The molecule has 2 aliphatic heterocycles. The minimum atomic E-state index is -0.146. The molecule has 0 saturated carbocycles. The molecule has 0 aromatic carbocycles. The van der Waals surface area contributed by atoms with Crippen molar-refractivity contribution in [3.05, 3.63) is 48.7 Å². The minimum Gasteiger partial charge on any atom is -0.491 e. The van der Waals surface area contributed by atoms with Gasteiger partial charge in [-0.25, -0.2) is 0 Å². The maximum Gasteiger partial charge on any atom is 0.230 e. The van der Waals surface area contributed by atoms with E-state index in [1.54, 1.807) is 18.7 Å². The lowest BCUT2D eigenvalue weighted by Crippen LogP contribution is -2.54. The standard InChI is InChI=1S/C19H22N2O4/c22-18(11-15-4-2-9-23-15)21-8-5-17-19(13-21,6-10-24-17)14-25-16-3-1-7-20-12-16/h1-4,7,9,12,17H,5-6,8,10-11,13-14H2/t17-,19+/m0/s1. The largest absolute Gasteiger partial charge is 0.491 e. The normalized spacial score (nSPS) is 25.6. The Bertz CT molecular complexity index is 703. The number of aromatic nitrogens is 1. The van der Waals surface area contributed by atoms with E-state index < -0.39 is 0 Å². The van der Waals surface area contributed by atoms with Crippen LogP contribution >= 0.6 is 0 Å². The summed E-state index contributed by atoms with van der Waals surface area (Å²) in [6, 6.07) is 7.40. The van der Waals surface area contributed by atoms with Crippen LogP contribution in [0.15, 0.2) is 47.3 Å². The van der Waals surface area contributed by atoms with Crippen LogP contribution in [-0.2, 0) is 16.0 Å². The third-order valence-corrected chi connectivity index (χ3v) is 5.19. The van der Waals surface area contributed by atoms with E-state index in [1.807, 2.05) is 29.2 Å². The highest BCUT2D eigenvalue weighted by atomic mass is 16.5. The van der Waals surface area contributed by atoms with Gasteiger partial charge in [0.2, 0.25) is 5.91 Å². The number of fused-ring (bicyclic) bond motifs is 1. The van der Waals surface area contributed by atoms with Gasteiger partial charge in [0.25, 0.3) is 0 Å². The quantitative estimate of drug-likeness (QED) is 0.834. The van der Waals surface area contributed by atoms with Crippen molar-refractivity contribution in [2.45, 2.75) is 25.4 Å². The van der Waals surface area contributed by atoms with Gasteiger partial charge in [-0.05, 0) is 37.1 Å². The number of carbonyl (C=O) groups excluding carboxylic acids is 1. The summed E-state index contributed by atoms with van der Waals surface area (Å²) < 4.78 is 17.2. The lowest BCUT2D eigenvalue weighted by Gasteiger charge is -2.43. The average molecular weight is 342 g/mol. The first kappa shape index (κ1) is 16.1. The second-order valence-corrected chi connectivity index (χ2v) is 6.81. The summed E-state index contributed by atoms with van der Waals surface area (Å²) in [5.74, 6) is 1.55. The minimum absolute atomic E-state index is 0.0982. The van der Waals surface area contributed by atoms with Crippen molar-refractivity contribution in [2.75, 3.05) is 26.3 Å². The van der Waals surface area contributed by atoms with E-state index in [-0.39, 0.29) is 17.4 Å². The van der Waals surface area contributed by atoms with E-state index in [2.05, 4.69) is 4.98 Å². The number of hydrogen-bond donors (Lipinski definition) is 0. The molecule has 2 aromatic heterocycles. The van der Waals surface area contributed by atoms with Gasteiger partial charge < -0.3 is 18.8 Å². The van der Waals surface area contributed by atoms with Gasteiger partial charge >= 0.3 is 0 Å². The van der Waals surface area contributed by atoms with Crippen LogP contribution in [0.3, 0.4) is 0 Å². The summed E-state index contributed by atoms with van der Waals surface area (Å²) in [5, 5.41) is 0. The predicted molar refractivity (Wildman–Crippen MR) is 90.1 cm³/mol. The van der Waals surface area contributed by atoms with Crippen LogP contribution in [0.1, 0.15) is 18.6 Å². The Morgan fingerprint density at radius 3 is 3.16 bits per heavy atom. The van der Waals surface area contributed by atoms with Gasteiger partial charge in [0.15, 0.2) is 0 Å². The summed E-state index contributed by atoms with van der Waals surface area (Å²) >= 11 is 0. The molecule has 0 aliphatic carbocycles. The van der Waals surface area contributed by atoms with Gasteiger partial charge in [-0.1, -0.05) is 0 Å². The molecule has 2 aliphatic rings. The van der Waals surface area contributed by atoms with Crippen molar-refractivity contribution in [3.8, 4) is 5.75 Å². The number of likely N-dealkylation sites (tertiary alicyclic amines) is 1. The Labute approximate surface area is 146 Å².